The molecule has 0 fully saturated rings. The topological polar surface area (TPSA) is 0 Å². The van der Waals surface area contributed by atoms with Crippen LogP contribution >= 0.6 is 31.9 Å². The molecule has 0 spiro atoms. The Hall–Kier alpha value is -2.94. The highest BCUT2D eigenvalue weighted by Gasteiger charge is 2.10. The molecule has 6 rings (SSSR count). The minimum absolute atomic E-state index is 1.13. The number of halogens is 2. The molecule has 0 atom stereocenters. The van der Waals surface area contributed by atoms with Crippen LogP contribution < -0.4 is 0 Å². The lowest BCUT2D eigenvalue weighted by Crippen LogP contribution is -1.85. The summed E-state index contributed by atoms with van der Waals surface area (Å²) in [5.41, 5.74) is 4.96. The van der Waals surface area contributed by atoms with Gasteiger partial charge in [0.1, 0.15) is 0 Å². The quantitative estimate of drug-likeness (QED) is 0.206. The van der Waals surface area contributed by atoms with E-state index in [0.717, 1.165) is 8.95 Å². The van der Waals surface area contributed by atoms with Gasteiger partial charge in [0, 0.05) is 19.7 Å². The van der Waals surface area contributed by atoms with E-state index < -0.39 is 0 Å². The highest BCUT2D eigenvalue weighted by atomic mass is 79.9. The SMILES string of the molecule is Brc1cccc2cccc(-c3ccc4cc(-c5cccc6cccc(Br)c56)ccc4c3)c12. The zero-order valence-electron chi connectivity index (χ0n) is 17.1. The molecule has 0 aliphatic heterocycles. The molecule has 0 aromatic heterocycles. The molecule has 0 bridgehead atoms. The van der Waals surface area contributed by atoms with Gasteiger partial charge in [0.05, 0.1) is 0 Å². The van der Waals surface area contributed by atoms with E-state index in [1.807, 2.05) is 0 Å². The van der Waals surface area contributed by atoms with Crippen LogP contribution in [0.3, 0.4) is 0 Å². The maximum atomic E-state index is 3.75. The molecule has 0 saturated heterocycles. The van der Waals surface area contributed by atoms with Crippen LogP contribution in [0.2, 0.25) is 0 Å². The fourth-order valence-corrected chi connectivity index (χ4v) is 5.84. The van der Waals surface area contributed by atoms with Gasteiger partial charge in [-0.2, -0.15) is 0 Å². The molecular formula is C30H18Br2. The van der Waals surface area contributed by atoms with E-state index in [1.165, 1.54) is 54.6 Å². The predicted molar refractivity (Wildman–Crippen MR) is 145 cm³/mol. The van der Waals surface area contributed by atoms with Gasteiger partial charge in [0.15, 0.2) is 0 Å². The van der Waals surface area contributed by atoms with Crippen molar-refractivity contribution in [1.82, 2.24) is 0 Å². The molecule has 0 aliphatic carbocycles. The fraction of sp³-hybridized carbons (Fsp3) is 0. The average molecular weight is 538 g/mol. The van der Waals surface area contributed by atoms with Gasteiger partial charge in [0.2, 0.25) is 0 Å². The minimum Gasteiger partial charge on any atom is -0.0610 e. The standard InChI is InChI=1S/C30H18Br2/c31-27-11-3-7-19-5-1-9-25(29(19)27)23-15-13-22-18-24(16-14-21(22)17-23)26-10-2-6-20-8-4-12-28(32)30(20)26/h1-18H. The highest BCUT2D eigenvalue weighted by molar-refractivity contribution is 9.11. The molecule has 152 valence electrons. The molecular weight excluding hydrogens is 520 g/mol. The Bertz CT molecular complexity index is 1510. The van der Waals surface area contributed by atoms with Crippen molar-refractivity contribution in [2.24, 2.45) is 0 Å². The molecule has 0 aliphatic rings. The van der Waals surface area contributed by atoms with Gasteiger partial charge in [-0.05, 0) is 68.1 Å². The van der Waals surface area contributed by atoms with Crippen molar-refractivity contribution in [2.45, 2.75) is 0 Å². The zero-order chi connectivity index (χ0) is 21.7. The normalized spacial score (nSPS) is 11.4. The van der Waals surface area contributed by atoms with Gasteiger partial charge in [-0.3, -0.25) is 0 Å². The second-order valence-electron chi connectivity index (χ2n) is 8.06. The smallest absolute Gasteiger partial charge is 0.0259 e. The van der Waals surface area contributed by atoms with Crippen LogP contribution in [0.4, 0.5) is 0 Å². The summed E-state index contributed by atoms with van der Waals surface area (Å²) in [6.07, 6.45) is 0. The van der Waals surface area contributed by atoms with Crippen molar-refractivity contribution in [3.05, 3.63) is 118 Å². The summed E-state index contributed by atoms with van der Waals surface area (Å²) in [7, 11) is 0. The fourth-order valence-electron chi connectivity index (χ4n) is 4.65. The third kappa shape index (κ3) is 3.26. The number of benzene rings is 6. The zero-order valence-corrected chi connectivity index (χ0v) is 20.3. The monoisotopic (exact) mass is 536 g/mol. The molecule has 0 saturated carbocycles. The van der Waals surface area contributed by atoms with Crippen LogP contribution in [0, 0.1) is 0 Å². The Labute approximate surface area is 203 Å². The molecule has 0 heterocycles. The molecule has 0 amide bonds. The largest absolute Gasteiger partial charge is 0.0610 e. The third-order valence-electron chi connectivity index (χ3n) is 6.17. The van der Waals surface area contributed by atoms with Crippen LogP contribution in [-0.4, -0.2) is 0 Å². The first-order valence-corrected chi connectivity index (χ1v) is 12.2. The third-order valence-corrected chi connectivity index (χ3v) is 7.49. The summed E-state index contributed by atoms with van der Waals surface area (Å²) in [5, 5.41) is 7.49. The molecule has 0 nitrogen and oxygen atoms in total. The molecule has 6 aromatic carbocycles. The first kappa shape index (κ1) is 19.7. The molecule has 6 aromatic rings. The van der Waals surface area contributed by atoms with Crippen molar-refractivity contribution >= 4 is 64.2 Å². The van der Waals surface area contributed by atoms with Gasteiger partial charge in [-0.25, -0.2) is 0 Å². The van der Waals surface area contributed by atoms with Crippen LogP contribution in [0.25, 0.3) is 54.6 Å². The van der Waals surface area contributed by atoms with Crippen molar-refractivity contribution < 1.29 is 0 Å². The maximum absolute atomic E-state index is 3.75. The summed E-state index contributed by atoms with van der Waals surface area (Å²) in [5.74, 6) is 0. The summed E-state index contributed by atoms with van der Waals surface area (Å²) in [6.45, 7) is 0. The van der Waals surface area contributed by atoms with Crippen molar-refractivity contribution in [3.63, 3.8) is 0 Å². The highest BCUT2D eigenvalue weighted by Crippen LogP contribution is 2.38. The number of fused-ring (bicyclic) bond motifs is 3. The summed E-state index contributed by atoms with van der Waals surface area (Å²) < 4.78 is 2.25. The van der Waals surface area contributed by atoms with Gasteiger partial charge >= 0.3 is 0 Å². The van der Waals surface area contributed by atoms with E-state index in [0.29, 0.717) is 0 Å². The Morgan fingerprint density at radius 3 is 1.22 bits per heavy atom. The Morgan fingerprint density at radius 1 is 0.375 bits per heavy atom. The summed E-state index contributed by atoms with van der Waals surface area (Å²) in [6, 6.07) is 39.3. The lowest BCUT2D eigenvalue weighted by Gasteiger charge is -2.12. The Balaban J connectivity index is 1.51. The van der Waals surface area contributed by atoms with Crippen LogP contribution in [-0.2, 0) is 0 Å². The van der Waals surface area contributed by atoms with Crippen LogP contribution in [0.5, 0.6) is 0 Å². The van der Waals surface area contributed by atoms with E-state index in [2.05, 4.69) is 141 Å². The second kappa shape index (κ2) is 7.88. The Morgan fingerprint density at radius 2 is 0.781 bits per heavy atom. The minimum atomic E-state index is 1.13. The first-order valence-electron chi connectivity index (χ1n) is 10.6. The second-order valence-corrected chi connectivity index (χ2v) is 9.77. The number of rotatable bonds is 2. The van der Waals surface area contributed by atoms with Crippen molar-refractivity contribution in [3.8, 4) is 22.3 Å². The van der Waals surface area contributed by atoms with Crippen LogP contribution in [0.1, 0.15) is 0 Å². The molecule has 2 heteroatoms. The van der Waals surface area contributed by atoms with Crippen molar-refractivity contribution in [2.75, 3.05) is 0 Å². The van der Waals surface area contributed by atoms with E-state index in [-0.39, 0.29) is 0 Å². The first-order chi connectivity index (χ1) is 15.7. The van der Waals surface area contributed by atoms with Gasteiger partial charge in [-0.15, -0.1) is 0 Å². The van der Waals surface area contributed by atoms with E-state index in [9.17, 15) is 0 Å². The molecule has 0 radical (unpaired) electrons. The average Bonchev–Trinajstić information content (AvgIpc) is 2.83. The maximum Gasteiger partial charge on any atom is 0.0259 e. The predicted octanol–water partition coefficient (Wildman–Crippen LogP) is 10.0. The lowest BCUT2D eigenvalue weighted by atomic mass is 9.93. The molecule has 0 N–H and O–H groups in total. The molecule has 32 heavy (non-hydrogen) atoms. The van der Waals surface area contributed by atoms with E-state index in [4.69, 9.17) is 0 Å². The Kier molecular flexibility index (Phi) is 4.86. The molecule has 0 unspecified atom stereocenters. The van der Waals surface area contributed by atoms with Gasteiger partial charge in [-0.1, -0.05) is 117 Å². The van der Waals surface area contributed by atoms with Crippen molar-refractivity contribution in [1.29, 1.82) is 0 Å². The van der Waals surface area contributed by atoms with Gasteiger partial charge in [0.25, 0.3) is 0 Å². The van der Waals surface area contributed by atoms with Crippen LogP contribution in [0.15, 0.2) is 118 Å². The number of hydrogen-bond donors (Lipinski definition) is 0. The number of hydrogen-bond acceptors (Lipinski definition) is 0. The lowest BCUT2D eigenvalue weighted by molar-refractivity contribution is 1.64. The summed E-state index contributed by atoms with van der Waals surface area (Å²) >= 11 is 7.50. The van der Waals surface area contributed by atoms with Gasteiger partial charge < -0.3 is 0 Å². The summed E-state index contributed by atoms with van der Waals surface area (Å²) in [4.78, 5) is 0. The van der Waals surface area contributed by atoms with E-state index in [1.54, 1.807) is 0 Å². The van der Waals surface area contributed by atoms with E-state index >= 15 is 0 Å².